The number of nitrogens with one attached hydrogen (secondary N) is 1. The highest BCUT2D eigenvalue weighted by Gasteiger charge is 2.34. The van der Waals surface area contributed by atoms with Gasteiger partial charge in [-0.15, -0.1) is 11.3 Å². The molecule has 170 valence electrons. The van der Waals surface area contributed by atoms with Crippen molar-refractivity contribution in [2.24, 2.45) is 0 Å². The number of halogens is 2. The van der Waals surface area contributed by atoms with Crippen LogP contribution in [0.1, 0.15) is 36.1 Å². The molecule has 10 heteroatoms. The summed E-state index contributed by atoms with van der Waals surface area (Å²) in [6, 6.07) is 4.71. The molecule has 3 aromatic rings. The number of hydrogen-bond donors (Lipinski definition) is 1. The number of pyridine rings is 1. The van der Waals surface area contributed by atoms with Gasteiger partial charge in [-0.05, 0) is 49.9 Å². The van der Waals surface area contributed by atoms with Crippen LogP contribution in [-0.2, 0) is 29.4 Å². The molecule has 0 fully saturated rings. The summed E-state index contributed by atoms with van der Waals surface area (Å²) in [5, 5.41) is 2.24. The third-order valence-electron chi connectivity index (χ3n) is 5.67. The molecule has 0 spiro atoms. The van der Waals surface area contributed by atoms with E-state index in [0.717, 1.165) is 17.9 Å². The minimum Gasteiger partial charge on any atom is -0.316 e. The molecule has 6 nitrogen and oxygen atoms in total. The number of thiazole rings is 1. The number of benzene rings is 1. The Labute approximate surface area is 189 Å². The first-order valence-corrected chi connectivity index (χ1v) is 13.0. The van der Waals surface area contributed by atoms with E-state index in [1.54, 1.807) is 16.1 Å². The minimum absolute atomic E-state index is 0.127. The molecule has 0 aliphatic heterocycles. The van der Waals surface area contributed by atoms with Gasteiger partial charge in [0.2, 0.25) is 10.0 Å². The summed E-state index contributed by atoms with van der Waals surface area (Å²) in [4.78, 5) is 17.7. The first-order chi connectivity index (χ1) is 15.1. The number of fused-ring (bicyclic) bond motifs is 1. The smallest absolute Gasteiger partial charge is 0.254 e. The summed E-state index contributed by atoms with van der Waals surface area (Å²) in [6.07, 6.45) is 4.36. The lowest BCUT2D eigenvalue weighted by Gasteiger charge is -2.33. The van der Waals surface area contributed by atoms with Crippen LogP contribution in [0.15, 0.2) is 40.6 Å². The van der Waals surface area contributed by atoms with Crippen LogP contribution >= 0.6 is 11.3 Å². The summed E-state index contributed by atoms with van der Waals surface area (Å²) in [5.41, 5.74) is 2.37. The lowest BCUT2D eigenvalue weighted by Crippen LogP contribution is -2.45. The predicted octanol–water partition coefficient (Wildman–Crippen LogP) is 3.46. The topological polar surface area (TPSA) is 81.1 Å². The highest BCUT2D eigenvalue weighted by molar-refractivity contribution is 7.88. The summed E-state index contributed by atoms with van der Waals surface area (Å²) in [5.74, 6) is -1.77. The fourth-order valence-corrected chi connectivity index (χ4v) is 5.96. The highest BCUT2D eigenvalue weighted by Crippen LogP contribution is 2.34. The Balaban J connectivity index is 1.73. The van der Waals surface area contributed by atoms with Gasteiger partial charge in [0.25, 0.3) is 5.56 Å². The molecular weight excluding hydrogens is 456 g/mol. The van der Waals surface area contributed by atoms with Crippen LogP contribution in [0.25, 0.3) is 10.6 Å². The van der Waals surface area contributed by atoms with Gasteiger partial charge in [-0.1, -0.05) is 0 Å². The van der Waals surface area contributed by atoms with E-state index in [2.05, 4.69) is 9.71 Å². The quantitative estimate of drug-likeness (QED) is 0.587. The van der Waals surface area contributed by atoms with Gasteiger partial charge < -0.3 is 4.57 Å². The van der Waals surface area contributed by atoms with Gasteiger partial charge in [0.1, 0.15) is 16.6 Å². The number of hydrogen-bond acceptors (Lipinski definition) is 5. The summed E-state index contributed by atoms with van der Waals surface area (Å²) >= 11 is 1.25. The van der Waals surface area contributed by atoms with Gasteiger partial charge in [0.05, 0.1) is 11.9 Å². The SMILES string of the molecule is CCn1ccc2c(c1=O)[C@@H](Cc1csc(-c3cc(F)cc(F)c3)n1)[C@@H](NS(C)(=O)=O)CC2. The molecule has 1 aromatic carbocycles. The largest absolute Gasteiger partial charge is 0.316 e. The molecule has 2 heterocycles. The van der Waals surface area contributed by atoms with Crippen LogP contribution < -0.4 is 10.3 Å². The maximum atomic E-state index is 13.6. The van der Waals surface area contributed by atoms with Crippen molar-refractivity contribution < 1.29 is 17.2 Å². The van der Waals surface area contributed by atoms with Gasteiger partial charge in [-0.25, -0.2) is 26.9 Å². The second-order valence-corrected chi connectivity index (χ2v) is 10.6. The van der Waals surface area contributed by atoms with Gasteiger partial charge in [-0.3, -0.25) is 4.79 Å². The molecule has 0 unspecified atom stereocenters. The normalized spacial score (nSPS) is 18.5. The number of nitrogens with zero attached hydrogens (tertiary/aromatic N) is 2. The van der Waals surface area contributed by atoms with Crippen LogP contribution in [0.2, 0.25) is 0 Å². The second kappa shape index (κ2) is 8.84. The zero-order valence-electron chi connectivity index (χ0n) is 17.6. The monoisotopic (exact) mass is 479 g/mol. The molecule has 0 bridgehead atoms. The maximum Gasteiger partial charge on any atom is 0.254 e. The fourth-order valence-electron chi connectivity index (χ4n) is 4.30. The molecule has 32 heavy (non-hydrogen) atoms. The molecular formula is C22H23F2N3O3S2. The fraction of sp³-hybridized carbons (Fsp3) is 0.364. The molecule has 2 aromatic heterocycles. The van der Waals surface area contributed by atoms with E-state index in [-0.39, 0.29) is 5.56 Å². The van der Waals surface area contributed by atoms with E-state index >= 15 is 0 Å². The zero-order valence-corrected chi connectivity index (χ0v) is 19.3. The van der Waals surface area contributed by atoms with Crippen molar-refractivity contribution in [2.45, 2.75) is 44.7 Å². The predicted molar refractivity (Wildman–Crippen MR) is 120 cm³/mol. The van der Waals surface area contributed by atoms with Gasteiger partial charge in [0.15, 0.2) is 0 Å². The Hall–Kier alpha value is -2.43. The third kappa shape index (κ3) is 4.82. The molecule has 4 rings (SSSR count). The van der Waals surface area contributed by atoms with E-state index in [1.165, 1.54) is 23.5 Å². The minimum atomic E-state index is -3.49. The van der Waals surface area contributed by atoms with Crippen LogP contribution in [0.3, 0.4) is 0 Å². The Morgan fingerprint density at radius 1 is 1.25 bits per heavy atom. The van der Waals surface area contributed by atoms with Crippen molar-refractivity contribution in [1.82, 2.24) is 14.3 Å². The number of aromatic nitrogens is 2. The van der Waals surface area contributed by atoms with Gasteiger partial charge in [-0.2, -0.15) is 0 Å². The Morgan fingerprint density at radius 3 is 2.62 bits per heavy atom. The summed E-state index contributed by atoms with van der Waals surface area (Å²) in [7, 11) is -3.49. The molecule has 0 amide bonds. The van der Waals surface area contributed by atoms with E-state index in [9.17, 15) is 22.0 Å². The molecule has 0 saturated heterocycles. The number of sulfonamides is 1. The van der Waals surface area contributed by atoms with Crippen LogP contribution in [0.5, 0.6) is 0 Å². The van der Waals surface area contributed by atoms with Crippen molar-refractivity contribution in [2.75, 3.05) is 6.26 Å². The summed E-state index contributed by atoms with van der Waals surface area (Å²) in [6.45, 7) is 2.39. The number of rotatable bonds is 6. The molecule has 2 atom stereocenters. The lowest BCUT2D eigenvalue weighted by molar-refractivity contribution is 0.422. The molecule has 0 radical (unpaired) electrons. The van der Waals surface area contributed by atoms with Crippen LogP contribution in [-0.4, -0.2) is 30.3 Å². The Morgan fingerprint density at radius 2 is 1.97 bits per heavy atom. The average molecular weight is 480 g/mol. The Bertz CT molecular complexity index is 1300. The van der Waals surface area contributed by atoms with E-state index in [0.29, 0.717) is 47.6 Å². The first-order valence-electron chi connectivity index (χ1n) is 10.2. The molecule has 0 saturated carbocycles. The van der Waals surface area contributed by atoms with Crippen LogP contribution in [0.4, 0.5) is 8.78 Å². The Kier molecular flexibility index (Phi) is 6.28. The van der Waals surface area contributed by atoms with Crippen molar-refractivity contribution in [3.8, 4) is 10.6 Å². The second-order valence-electron chi connectivity index (χ2n) is 7.99. The number of aryl methyl sites for hydroxylation is 2. The first kappa shape index (κ1) is 22.8. The third-order valence-corrected chi connectivity index (χ3v) is 7.34. The summed E-state index contributed by atoms with van der Waals surface area (Å²) < 4.78 is 55.5. The average Bonchev–Trinajstić information content (AvgIpc) is 3.17. The molecule has 1 aliphatic carbocycles. The molecule has 1 N–H and O–H groups in total. The molecule has 1 aliphatic rings. The zero-order chi connectivity index (χ0) is 23.0. The van der Waals surface area contributed by atoms with Crippen molar-refractivity contribution in [3.05, 3.63) is 74.7 Å². The van der Waals surface area contributed by atoms with E-state index in [1.807, 2.05) is 13.0 Å². The lowest BCUT2D eigenvalue weighted by atomic mass is 9.78. The highest BCUT2D eigenvalue weighted by atomic mass is 32.2. The van der Waals surface area contributed by atoms with Crippen molar-refractivity contribution >= 4 is 21.4 Å². The maximum absolute atomic E-state index is 13.6. The van der Waals surface area contributed by atoms with E-state index in [4.69, 9.17) is 0 Å². The van der Waals surface area contributed by atoms with Crippen LogP contribution in [0, 0.1) is 11.6 Å². The van der Waals surface area contributed by atoms with E-state index < -0.39 is 33.6 Å². The van der Waals surface area contributed by atoms with Gasteiger partial charge in [0, 0.05) is 47.3 Å². The standard InChI is InChI=1S/C22H23F2N3O3S2/c1-3-27-7-6-13-4-5-19(26-32(2,29)30)18(20(13)22(27)28)11-17-12-31-21(25-17)14-8-15(23)10-16(24)9-14/h6-10,12,18-19,26H,3-5,11H2,1-2H3/t18-,19-/m0/s1. The van der Waals surface area contributed by atoms with Crippen molar-refractivity contribution in [1.29, 1.82) is 0 Å². The van der Waals surface area contributed by atoms with Crippen molar-refractivity contribution in [3.63, 3.8) is 0 Å². The van der Waals surface area contributed by atoms with Gasteiger partial charge >= 0.3 is 0 Å².